The van der Waals surface area contributed by atoms with Gasteiger partial charge in [0, 0.05) is 4.88 Å². The van der Waals surface area contributed by atoms with Crippen molar-refractivity contribution in [3.8, 4) is 6.07 Å². The van der Waals surface area contributed by atoms with Crippen molar-refractivity contribution in [3.63, 3.8) is 0 Å². The van der Waals surface area contributed by atoms with Crippen LogP contribution in [0.15, 0.2) is 24.3 Å². The highest BCUT2D eigenvalue weighted by atomic mass is 32.1. The number of nitrogens with one attached hydrogen (secondary N) is 1. The van der Waals surface area contributed by atoms with Crippen LogP contribution < -0.4 is 5.32 Å². The number of nitrogens with zero attached hydrogens (tertiary/aromatic N) is 1. The van der Waals surface area contributed by atoms with Crippen molar-refractivity contribution in [2.75, 3.05) is 19.0 Å². The van der Waals surface area contributed by atoms with Gasteiger partial charge >= 0.3 is 11.9 Å². The molecule has 2 aromatic rings. The van der Waals surface area contributed by atoms with E-state index in [2.05, 4.69) is 12.2 Å². The van der Waals surface area contributed by atoms with Crippen molar-refractivity contribution in [3.05, 3.63) is 51.4 Å². The Balaban J connectivity index is 1.70. The van der Waals surface area contributed by atoms with E-state index in [1.807, 2.05) is 6.07 Å². The number of benzene rings is 1. The van der Waals surface area contributed by atoms with E-state index in [0.717, 1.165) is 29.7 Å². The van der Waals surface area contributed by atoms with Crippen LogP contribution in [0.2, 0.25) is 0 Å². The number of fused-ring (bicyclic) bond motifs is 1. The Morgan fingerprint density at radius 2 is 2.10 bits per heavy atom. The molecule has 7 nitrogen and oxygen atoms in total. The number of anilines is 1. The zero-order valence-electron chi connectivity index (χ0n) is 16.1. The molecule has 0 fully saturated rings. The van der Waals surface area contributed by atoms with Gasteiger partial charge in [0.25, 0.3) is 5.91 Å². The van der Waals surface area contributed by atoms with Crippen molar-refractivity contribution in [2.24, 2.45) is 5.92 Å². The Morgan fingerprint density at radius 1 is 1.31 bits per heavy atom. The largest absolute Gasteiger partial charge is 0.465 e. The Bertz CT molecular complexity index is 1000. The van der Waals surface area contributed by atoms with Crippen LogP contribution in [0.1, 0.15) is 50.1 Å². The van der Waals surface area contributed by atoms with E-state index >= 15 is 0 Å². The van der Waals surface area contributed by atoms with Gasteiger partial charge in [-0.05, 0) is 48.9 Å². The van der Waals surface area contributed by atoms with E-state index in [9.17, 15) is 14.4 Å². The molecule has 1 N–H and O–H groups in total. The first kappa shape index (κ1) is 20.6. The van der Waals surface area contributed by atoms with Crippen molar-refractivity contribution in [1.29, 1.82) is 5.26 Å². The number of methoxy groups -OCH3 is 1. The molecular weight excluding hydrogens is 392 g/mol. The number of hydrogen-bond donors (Lipinski definition) is 1. The fourth-order valence-corrected chi connectivity index (χ4v) is 4.66. The van der Waals surface area contributed by atoms with Gasteiger partial charge in [-0.3, -0.25) is 4.79 Å². The third kappa shape index (κ3) is 4.63. The second-order valence-electron chi connectivity index (χ2n) is 6.86. The van der Waals surface area contributed by atoms with Gasteiger partial charge in [0.2, 0.25) is 0 Å². The summed E-state index contributed by atoms with van der Waals surface area (Å²) in [5.41, 5.74) is 1.83. The van der Waals surface area contributed by atoms with Crippen LogP contribution in [0.25, 0.3) is 0 Å². The number of rotatable bonds is 5. The van der Waals surface area contributed by atoms with E-state index < -0.39 is 24.5 Å². The molecule has 1 amide bonds. The summed E-state index contributed by atoms with van der Waals surface area (Å²) in [6.45, 7) is 1.65. The smallest absolute Gasteiger partial charge is 0.341 e. The van der Waals surface area contributed by atoms with Gasteiger partial charge in [-0.25, -0.2) is 9.59 Å². The molecule has 0 saturated carbocycles. The summed E-state index contributed by atoms with van der Waals surface area (Å²) in [7, 11) is 1.31. The van der Waals surface area contributed by atoms with Gasteiger partial charge < -0.3 is 14.8 Å². The second-order valence-corrected chi connectivity index (χ2v) is 7.97. The first-order valence-corrected chi connectivity index (χ1v) is 9.94. The molecule has 1 heterocycles. The molecule has 1 aromatic carbocycles. The van der Waals surface area contributed by atoms with Crippen molar-refractivity contribution in [1.82, 2.24) is 0 Å². The van der Waals surface area contributed by atoms with Crippen molar-refractivity contribution >= 4 is 34.2 Å². The highest BCUT2D eigenvalue weighted by Crippen LogP contribution is 2.40. The quantitative estimate of drug-likeness (QED) is 0.755. The zero-order valence-corrected chi connectivity index (χ0v) is 16.9. The van der Waals surface area contributed by atoms with Crippen LogP contribution in [0, 0.1) is 17.2 Å². The monoisotopic (exact) mass is 412 g/mol. The highest BCUT2D eigenvalue weighted by molar-refractivity contribution is 7.17. The minimum Gasteiger partial charge on any atom is -0.465 e. The van der Waals surface area contributed by atoms with E-state index in [0.29, 0.717) is 22.0 Å². The molecule has 29 heavy (non-hydrogen) atoms. The van der Waals surface area contributed by atoms with Gasteiger partial charge in [-0.15, -0.1) is 11.3 Å². The van der Waals surface area contributed by atoms with Crippen LogP contribution in [-0.4, -0.2) is 31.6 Å². The summed E-state index contributed by atoms with van der Waals surface area (Å²) in [6.07, 6.45) is 2.59. The molecular formula is C21H20N2O5S. The van der Waals surface area contributed by atoms with Crippen LogP contribution in [-0.2, 0) is 27.1 Å². The molecule has 1 aromatic heterocycles. The molecule has 1 aliphatic carbocycles. The van der Waals surface area contributed by atoms with Gasteiger partial charge in [0.1, 0.15) is 5.00 Å². The summed E-state index contributed by atoms with van der Waals surface area (Å²) < 4.78 is 9.93. The molecule has 150 valence electrons. The maximum atomic E-state index is 12.3. The molecule has 0 aliphatic heterocycles. The van der Waals surface area contributed by atoms with Gasteiger partial charge in [0.05, 0.1) is 29.9 Å². The number of carbonyl (C=O) groups is 3. The predicted octanol–water partition coefficient (Wildman–Crippen LogP) is 3.33. The summed E-state index contributed by atoms with van der Waals surface area (Å²) >= 11 is 1.36. The first-order valence-electron chi connectivity index (χ1n) is 9.13. The number of esters is 2. The Morgan fingerprint density at radius 3 is 2.83 bits per heavy atom. The minimum absolute atomic E-state index is 0.188. The van der Waals surface area contributed by atoms with E-state index in [1.165, 1.54) is 30.6 Å². The van der Waals surface area contributed by atoms with Gasteiger partial charge in [0.15, 0.2) is 6.61 Å². The number of carbonyl (C=O) groups excluding carboxylic acids is 3. The lowest BCUT2D eigenvalue weighted by Gasteiger charge is -2.18. The minimum atomic E-state index is -0.704. The molecule has 0 bridgehead atoms. The SMILES string of the molecule is COC(=O)c1c(NC(=O)COC(=O)c2cccc(C#N)c2)sc2c1CC[C@@H](C)C2. The van der Waals surface area contributed by atoms with Crippen molar-refractivity contribution in [2.45, 2.75) is 26.2 Å². The third-order valence-corrected chi connectivity index (χ3v) is 5.89. The van der Waals surface area contributed by atoms with Crippen molar-refractivity contribution < 1.29 is 23.9 Å². The number of amides is 1. The summed E-state index contributed by atoms with van der Waals surface area (Å²) in [5.74, 6) is -1.23. The number of nitriles is 1. The second kappa shape index (κ2) is 8.88. The Hall–Kier alpha value is -3.18. The summed E-state index contributed by atoms with van der Waals surface area (Å²) in [5, 5.41) is 12.0. The van der Waals surface area contributed by atoms with E-state index in [1.54, 1.807) is 12.1 Å². The molecule has 8 heteroatoms. The van der Waals surface area contributed by atoms with Gasteiger partial charge in [-0.1, -0.05) is 13.0 Å². The molecule has 0 radical (unpaired) electrons. The lowest BCUT2D eigenvalue weighted by atomic mass is 9.88. The number of ether oxygens (including phenoxy) is 2. The molecule has 3 rings (SSSR count). The molecule has 0 saturated heterocycles. The third-order valence-electron chi connectivity index (χ3n) is 4.72. The lowest BCUT2D eigenvalue weighted by molar-refractivity contribution is -0.119. The lowest BCUT2D eigenvalue weighted by Crippen LogP contribution is -2.22. The fraction of sp³-hybridized carbons (Fsp3) is 0.333. The molecule has 1 atom stereocenters. The standard InChI is InChI=1S/C21H20N2O5S/c1-12-6-7-15-16(8-12)29-19(18(15)21(26)27-2)23-17(24)11-28-20(25)14-5-3-4-13(9-14)10-22/h3-5,9,12H,6-8,11H2,1-2H3,(H,23,24)/t12-/m1/s1. The van der Waals surface area contributed by atoms with E-state index in [-0.39, 0.29) is 5.56 Å². The topological polar surface area (TPSA) is 105 Å². The Labute approximate surface area is 172 Å². The molecule has 0 unspecified atom stereocenters. The summed E-state index contributed by atoms with van der Waals surface area (Å²) in [6, 6.07) is 7.97. The average Bonchev–Trinajstić information content (AvgIpc) is 3.08. The van der Waals surface area contributed by atoms with Gasteiger partial charge in [-0.2, -0.15) is 5.26 Å². The molecule has 0 spiro atoms. The first-order chi connectivity index (χ1) is 13.9. The predicted molar refractivity (Wildman–Crippen MR) is 107 cm³/mol. The van der Waals surface area contributed by atoms with Crippen LogP contribution in [0.5, 0.6) is 0 Å². The Kier molecular flexibility index (Phi) is 6.29. The maximum Gasteiger partial charge on any atom is 0.341 e. The zero-order chi connectivity index (χ0) is 21.0. The number of thiophene rings is 1. The highest BCUT2D eigenvalue weighted by Gasteiger charge is 2.29. The maximum absolute atomic E-state index is 12.3. The molecule has 1 aliphatic rings. The normalized spacial score (nSPS) is 15.0. The summed E-state index contributed by atoms with van der Waals surface area (Å²) in [4.78, 5) is 37.8. The van der Waals surface area contributed by atoms with Crippen LogP contribution in [0.4, 0.5) is 5.00 Å². The number of hydrogen-bond acceptors (Lipinski definition) is 7. The average molecular weight is 412 g/mol. The van der Waals surface area contributed by atoms with Crippen LogP contribution in [0.3, 0.4) is 0 Å². The fourth-order valence-electron chi connectivity index (χ4n) is 3.25. The van der Waals surface area contributed by atoms with Crippen LogP contribution >= 0.6 is 11.3 Å². The van der Waals surface area contributed by atoms with E-state index in [4.69, 9.17) is 14.7 Å².